The Bertz CT molecular complexity index is 1200. The molecule has 3 amide bonds. The summed E-state index contributed by atoms with van der Waals surface area (Å²) in [7, 11) is 0. The number of amides is 3. The Hall–Kier alpha value is -3.23. The van der Waals surface area contributed by atoms with Gasteiger partial charge < -0.3 is 21.5 Å². The van der Waals surface area contributed by atoms with Crippen molar-refractivity contribution in [2.45, 2.75) is 105 Å². The number of benzene rings is 2. The maximum atomic E-state index is 14.1. The fourth-order valence-electron chi connectivity index (χ4n) is 5.01. The SMILES string of the molecule is CCCC[C@@H](C(=O)N[C@@H](CC(C)C)[C@@H](O)/C=C(\CC)C(=O)NCC(C)C)N(C(=O)[C@H](C)N)c1cccc2ccccc12. The zero-order valence-corrected chi connectivity index (χ0v) is 26.5. The Labute approximate surface area is 252 Å². The molecule has 0 aliphatic carbocycles. The Kier molecular flexibility index (Phi) is 14.2. The molecule has 42 heavy (non-hydrogen) atoms. The van der Waals surface area contributed by atoms with Gasteiger partial charge in [-0.1, -0.05) is 90.8 Å². The number of carbonyl (C=O) groups is 3. The molecule has 0 aliphatic heterocycles. The number of hydrogen-bond donors (Lipinski definition) is 4. The number of nitrogens with one attached hydrogen (secondary N) is 2. The molecule has 0 saturated heterocycles. The third-order valence-corrected chi connectivity index (χ3v) is 7.28. The van der Waals surface area contributed by atoms with Gasteiger partial charge in [0.15, 0.2) is 0 Å². The van der Waals surface area contributed by atoms with Gasteiger partial charge >= 0.3 is 0 Å². The number of carbonyl (C=O) groups excluding carboxylic acids is 3. The third kappa shape index (κ3) is 9.95. The first-order valence-corrected chi connectivity index (χ1v) is 15.4. The third-order valence-electron chi connectivity index (χ3n) is 7.28. The number of anilines is 1. The van der Waals surface area contributed by atoms with Gasteiger partial charge in [0.1, 0.15) is 6.04 Å². The standard InChI is InChI=1S/C34H52N4O4/c1-8-10-17-30(38(34(42)24(7)35)29-18-13-15-26-14-11-12-16-27(26)29)33(41)37-28(19-22(3)4)31(39)20-25(9-2)32(40)36-21-23(5)6/h11-16,18,20,22-24,28,30-31,39H,8-10,17,19,21,35H2,1-7H3,(H,36,40)(H,37,41)/b25-20+/t24-,28-,30-,31-/m0/s1. The quantitative estimate of drug-likeness (QED) is 0.206. The topological polar surface area (TPSA) is 125 Å². The molecule has 2 aromatic rings. The molecular weight excluding hydrogens is 528 g/mol. The van der Waals surface area contributed by atoms with Gasteiger partial charge in [-0.2, -0.15) is 0 Å². The second-order valence-electron chi connectivity index (χ2n) is 12.0. The lowest BCUT2D eigenvalue weighted by Crippen LogP contribution is -2.57. The Morgan fingerprint density at radius 1 is 0.976 bits per heavy atom. The van der Waals surface area contributed by atoms with Crippen molar-refractivity contribution in [3.8, 4) is 0 Å². The summed E-state index contributed by atoms with van der Waals surface area (Å²) >= 11 is 0. The molecular formula is C34H52N4O4. The van der Waals surface area contributed by atoms with Gasteiger partial charge in [0.25, 0.3) is 0 Å². The number of hydrogen-bond acceptors (Lipinski definition) is 5. The summed E-state index contributed by atoms with van der Waals surface area (Å²) in [6.45, 7) is 14.1. The first-order chi connectivity index (χ1) is 19.9. The van der Waals surface area contributed by atoms with Crippen LogP contribution in [0.1, 0.15) is 80.6 Å². The van der Waals surface area contributed by atoms with Crippen LogP contribution < -0.4 is 21.3 Å². The molecule has 5 N–H and O–H groups in total. The van der Waals surface area contributed by atoms with Crippen molar-refractivity contribution >= 4 is 34.2 Å². The highest BCUT2D eigenvalue weighted by Crippen LogP contribution is 2.30. The Morgan fingerprint density at radius 3 is 2.24 bits per heavy atom. The molecule has 0 saturated carbocycles. The first kappa shape index (κ1) is 35.0. The molecule has 0 heterocycles. The molecule has 2 aromatic carbocycles. The van der Waals surface area contributed by atoms with Crippen molar-refractivity contribution in [2.24, 2.45) is 17.6 Å². The van der Waals surface area contributed by atoms with E-state index in [1.165, 1.54) is 0 Å². The number of unbranched alkanes of at least 4 members (excludes halogenated alkanes) is 1. The molecule has 0 radical (unpaired) electrons. The predicted octanol–water partition coefficient (Wildman–Crippen LogP) is 5.08. The lowest BCUT2D eigenvalue weighted by atomic mass is 9.95. The van der Waals surface area contributed by atoms with Gasteiger partial charge in [0, 0.05) is 17.5 Å². The summed E-state index contributed by atoms with van der Waals surface area (Å²) in [6, 6.07) is 11.1. The summed E-state index contributed by atoms with van der Waals surface area (Å²) < 4.78 is 0. The minimum Gasteiger partial charge on any atom is -0.387 e. The monoisotopic (exact) mass is 580 g/mol. The van der Waals surface area contributed by atoms with E-state index in [4.69, 9.17) is 5.73 Å². The van der Waals surface area contributed by atoms with Crippen LogP contribution in [-0.2, 0) is 14.4 Å². The molecule has 0 aromatic heterocycles. The van der Waals surface area contributed by atoms with Crippen molar-refractivity contribution in [1.29, 1.82) is 0 Å². The van der Waals surface area contributed by atoms with Crippen LogP contribution in [-0.4, -0.2) is 53.6 Å². The second kappa shape index (κ2) is 17.0. The molecule has 0 spiro atoms. The van der Waals surface area contributed by atoms with Crippen molar-refractivity contribution < 1.29 is 19.5 Å². The number of aliphatic hydroxyl groups excluding tert-OH is 1. The van der Waals surface area contributed by atoms with E-state index in [2.05, 4.69) is 10.6 Å². The van der Waals surface area contributed by atoms with Gasteiger partial charge in [-0.3, -0.25) is 19.3 Å². The first-order valence-electron chi connectivity index (χ1n) is 15.4. The van der Waals surface area contributed by atoms with Crippen LogP contribution in [0.15, 0.2) is 54.1 Å². The van der Waals surface area contributed by atoms with Crippen molar-refractivity contribution in [2.75, 3.05) is 11.4 Å². The normalized spacial score (nSPS) is 14.9. The van der Waals surface area contributed by atoms with E-state index in [9.17, 15) is 19.5 Å². The zero-order chi connectivity index (χ0) is 31.4. The minimum atomic E-state index is -1.09. The number of nitrogens with two attached hydrogens (primary N) is 1. The van der Waals surface area contributed by atoms with Crippen LogP contribution in [0.25, 0.3) is 10.8 Å². The fraction of sp³-hybridized carbons (Fsp3) is 0.559. The van der Waals surface area contributed by atoms with Crippen LogP contribution >= 0.6 is 0 Å². The largest absolute Gasteiger partial charge is 0.387 e. The van der Waals surface area contributed by atoms with Crippen molar-refractivity contribution in [3.05, 3.63) is 54.1 Å². The summed E-state index contributed by atoms with van der Waals surface area (Å²) in [5.41, 5.74) is 7.23. The lowest BCUT2D eigenvalue weighted by Gasteiger charge is -2.35. The van der Waals surface area contributed by atoms with Crippen LogP contribution in [0, 0.1) is 11.8 Å². The van der Waals surface area contributed by atoms with Crippen LogP contribution in [0.5, 0.6) is 0 Å². The Balaban J connectivity index is 2.51. The van der Waals surface area contributed by atoms with Gasteiger partial charge in [-0.15, -0.1) is 0 Å². The van der Waals surface area contributed by atoms with Crippen molar-refractivity contribution in [1.82, 2.24) is 10.6 Å². The highest BCUT2D eigenvalue weighted by atomic mass is 16.3. The maximum absolute atomic E-state index is 14.1. The van der Waals surface area contributed by atoms with E-state index < -0.39 is 24.2 Å². The lowest BCUT2D eigenvalue weighted by molar-refractivity contribution is -0.128. The second-order valence-corrected chi connectivity index (χ2v) is 12.0. The average Bonchev–Trinajstić information content (AvgIpc) is 2.95. The van der Waals surface area contributed by atoms with E-state index >= 15 is 0 Å². The summed E-state index contributed by atoms with van der Waals surface area (Å²) in [4.78, 5) is 42.1. The summed E-state index contributed by atoms with van der Waals surface area (Å²) in [6.07, 6.45) is 3.40. The predicted molar refractivity (Wildman–Crippen MR) is 172 cm³/mol. The number of fused-ring (bicyclic) bond motifs is 1. The highest BCUT2D eigenvalue weighted by molar-refractivity contribution is 6.09. The number of nitrogens with zero attached hydrogens (tertiary/aromatic N) is 1. The Morgan fingerprint density at radius 2 is 1.64 bits per heavy atom. The van der Waals surface area contributed by atoms with Gasteiger partial charge in [0.2, 0.25) is 17.7 Å². The molecule has 8 nitrogen and oxygen atoms in total. The zero-order valence-electron chi connectivity index (χ0n) is 26.5. The summed E-state index contributed by atoms with van der Waals surface area (Å²) in [5.74, 6) is -0.463. The molecule has 0 aliphatic rings. The average molecular weight is 581 g/mol. The fourth-order valence-corrected chi connectivity index (χ4v) is 5.01. The molecule has 2 rings (SSSR count). The van der Waals surface area contributed by atoms with Crippen LogP contribution in [0.3, 0.4) is 0 Å². The van der Waals surface area contributed by atoms with Gasteiger partial charge in [0.05, 0.1) is 23.9 Å². The molecule has 232 valence electrons. The smallest absolute Gasteiger partial charge is 0.246 e. The number of aliphatic hydroxyl groups is 1. The van der Waals surface area contributed by atoms with Gasteiger partial charge in [-0.05, 0) is 55.6 Å². The molecule has 8 heteroatoms. The van der Waals surface area contributed by atoms with E-state index in [-0.39, 0.29) is 23.6 Å². The van der Waals surface area contributed by atoms with E-state index in [0.717, 1.165) is 23.6 Å². The van der Waals surface area contributed by atoms with E-state index in [1.807, 2.05) is 84.0 Å². The van der Waals surface area contributed by atoms with Gasteiger partial charge in [-0.25, -0.2) is 0 Å². The molecule has 4 atom stereocenters. The van der Waals surface area contributed by atoms with Crippen LogP contribution in [0.2, 0.25) is 0 Å². The number of rotatable bonds is 16. The van der Waals surface area contributed by atoms with E-state index in [1.54, 1.807) is 17.9 Å². The maximum Gasteiger partial charge on any atom is 0.246 e. The minimum absolute atomic E-state index is 0.159. The van der Waals surface area contributed by atoms with Crippen LogP contribution in [0.4, 0.5) is 5.69 Å². The molecule has 0 bridgehead atoms. The summed E-state index contributed by atoms with van der Waals surface area (Å²) in [5, 5.41) is 19.1. The van der Waals surface area contributed by atoms with E-state index in [0.29, 0.717) is 43.0 Å². The molecule has 0 fully saturated rings. The van der Waals surface area contributed by atoms with Crippen molar-refractivity contribution in [3.63, 3.8) is 0 Å². The molecule has 0 unspecified atom stereocenters. The highest BCUT2D eigenvalue weighted by Gasteiger charge is 2.35.